The molecule has 164 valence electrons. The number of anilines is 1. The molecule has 0 fully saturated rings. The molecule has 1 aliphatic rings. The summed E-state index contributed by atoms with van der Waals surface area (Å²) in [5, 5.41) is 48.1. The van der Waals surface area contributed by atoms with E-state index in [9.17, 15) is 29.7 Å². The number of nitrogens with one attached hydrogen (secondary N) is 3. The SMILES string of the molecule is CC(=O)N[C@H]1[C@H]([C@H](O)[C@H](O)CO)OC(C(=O)[O-])=C[C@@H]1NC(=O)Nc1ccccc1Cl.[Na+]. The van der Waals surface area contributed by atoms with Gasteiger partial charge in [0.2, 0.25) is 5.91 Å². The normalized spacial score (nSPS) is 22.0. The maximum absolute atomic E-state index is 12.4. The average Bonchev–Trinajstić information content (AvgIpc) is 2.69. The number of aliphatic hydroxyl groups is 3. The summed E-state index contributed by atoms with van der Waals surface area (Å²) in [6.45, 7) is 0.300. The summed E-state index contributed by atoms with van der Waals surface area (Å²) in [6, 6.07) is 3.18. The largest absolute Gasteiger partial charge is 1.00 e. The summed E-state index contributed by atoms with van der Waals surface area (Å²) < 4.78 is 5.17. The molecule has 1 aromatic carbocycles. The molecule has 31 heavy (non-hydrogen) atoms. The van der Waals surface area contributed by atoms with Crippen LogP contribution in [0.2, 0.25) is 5.02 Å². The van der Waals surface area contributed by atoms with Crippen LogP contribution in [0.3, 0.4) is 0 Å². The number of rotatable bonds is 7. The summed E-state index contributed by atoms with van der Waals surface area (Å²) in [6.07, 6.45) is -4.05. The van der Waals surface area contributed by atoms with Gasteiger partial charge < -0.3 is 45.9 Å². The van der Waals surface area contributed by atoms with E-state index in [1.54, 1.807) is 18.2 Å². The number of amides is 3. The fourth-order valence-corrected chi connectivity index (χ4v) is 3.05. The van der Waals surface area contributed by atoms with Crippen LogP contribution in [-0.2, 0) is 14.3 Å². The van der Waals surface area contributed by atoms with Gasteiger partial charge in [-0.1, -0.05) is 23.7 Å². The molecule has 1 aromatic rings. The van der Waals surface area contributed by atoms with E-state index in [-0.39, 0.29) is 40.3 Å². The zero-order valence-corrected chi connectivity index (χ0v) is 19.5. The minimum atomic E-state index is -1.80. The summed E-state index contributed by atoms with van der Waals surface area (Å²) in [5.41, 5.74) is 0.274. The summed E-state index contributed by atoms with van der Waals surface area (Å²) >= 11 is 5.99. The first-order valence-corrected chi connectivity index (χ1v) is 9.17. The Bertz CT molecular complexity index is 840. The Morgan fingerprint density at radius 1 is 1.23 bits per heavy atom. The molecule has 13 heteroatoms. The third kappa shape index (κ3) is 7.35. The van der Waals surface area contributed by atoms with Crippen LogP contribution in [0.25, 0.3) is 0 Å². The van der Waals surface area contributed by atoms with Gasteiger partial charge in [-0.2, -0.15) is 0 Å². The van der Waals surface area contributed by atoms with Crippen molar-refractivity contribution >= 4 is 35.2 Å². The van der Waals surface area contributed by atoms with Gasteiger partial charge in [0.25, 0.3) is 0 Å². The molecule has 1 heterocycles. The maximum Gasteiger partial charge on any atom is 1.00 e. The third-order valence-corrected chi connectivity index (χ3v) is 4.57. The molecule has 11 nitrogen and oxygen atoms in total. The Hall–Kier alpha value is -1.86. The van der Waals surface area contributed by atoms with Crippen molar-refractivity contribution in [1.82, 2.24) is 10.6 Å². The van der Waals surface area contributed by atoms with E-state index >= 15 is 0 Å². The van der Waals surface area contributed by atoms with Gasteiger partial charge in [0.1, 0.15) is 30.0 Å². The number of aliphatic hydroxyl groups excluding tert-OH is 3. The average molecular weight is 466 g/mol. The van der Waals surface area contributed by atoms with Crippen molar-refractivity contribution < 1.29 is 69.1 Å². The molecule has 5 atom stereocenters. The number of urea groups is 1. The number of carbonyl (C=O) groups is 3. The number of carboxylic acid groups (broad SMARTS) is 1. The Morgan fingerprint density at radius 3 is 2.42 bits per heavy atom. The number of hydrogen-bond donors (Lipinski definition) is 6. The fraction of sp³-hybridized carbons (Fsp3) is 0.389. The number of halogens is 1. The van der Waals surface area contributed by atoms with Crippen LogP contribution in [-0.4, -0.2) is 70.2 Å². The molecule has 0 radical (unpaired) electrons. The Balaban J connectivity index is 0.00000480. The number of para-hydroxylation sites is 1. The monoisotopic (exact) mass is 465 g/mol. The molecule has 0 aromatic heterocycles. The molecule has 0 unspecified atom stereocenters. The van der Waals surface area contributed by atoms with Crippen LogP contribution < -0.4 is 50.6 Å². The van der Waals surface area contributed by atoms with Gasteiger partial charge in [-0.05, 0) is 18.2 Å². The predicted octanol–water partition coefficient (Wildman–Crippen LogP) is -4.91. The van der Waals surface area contributed by atoms with Crippen molar-refractivity contribution in [3.63, 3.8) is 0 Å². The van der Waals surface area contributed by atoms with Crippen LogP contribution in [0.15, 0.2) is 36.1 Å². The van der Waals surface area contributed by atoms with Gasteiger partial charge in [-0.25, -0.2) is 4.79 Å². The number of ether oxygens (including phenoxy) is 1. The van der Waals surface area contributed by atoms with Crippen LogP contribution in [0, 0.1) is 0 Å². The molecule has 3 amide bonds. The molecular formula is C18H21ClN3NaO8. The Labute approximate surface area is 204 Å². The zero-order chi connectivity index (χ0) is 22.4. The Kier molecular flexibility index (Phi) is 10.7. The van der Waals surface area contributed by atoms with Crippen molar-refractivity contribution in [3.05, 3.63) is 41.1 Å². The van der Waals surface area contributed by atoms with Gasteiger partial charge >= 0.3 is 35.6 Å². The number of benzene rings is 1. The van der Waals surface area contributed by atoms with E-state index in [4.69, 9.17) is 21.4 Å². The second-order valence-corrected chi connectivity index (χ2v) is 6.88. The van der Waals surface area contributed by atoms with E-state index in [1.165, 1.54) is 6.07 Å². The minimum Gasteiger partial charge on any atom is -0.542 e. The van der Waals surface area contributed by atoms with E-state index in [1.807, 2.05) is 0 Å². The molecule has 0 saturated carbocycles. The topological polar surface area (TPSA) is 180 Å². The number of hydrogen-bond acceptors (Lipinski definition) is 8. The van der Waals surface area contributed by atoms with Crippen LogP contribution in [0.5, 0.6) is 0 Å². The standard InChI is InChI=1S/C18H22ClN3O8.Na/c1-8(24)20-14-11(22-18(29)21-10-5-3-2-4-9(10)19)6-13(17(27)28)30-16(14)15(26)12(25)7-23;/h2-6,11-12,14-16,23,25-26H,7H2,1H3,(H,20,24)(H,27,28)(H2,21,22,29);/q;+1/p-1/t11-,12+,14+,15+,16+;/m0./s1. The van der Waals surface area contributed by atoms with Crippen molar-refractivity contribution in [2.75, 3.05) is 11.9 Å². The fourth-order valence-electron chi connectivity index (χ4n) is 2.87. The van der Waals surface area contributed by atoms with E-state index in [2.05, 4.69) is 16.0 Å². The summed E-state index contributed by atoms with van der Waals surface area (Å²) in [4.78, 5) is 35.4. The van der Waals surface area contributed by atoms with Crippen LogP contribution >= 0.6 is 11.6 Å². The molecule has 0 aliphatic carbocycles. The molecule has 1 aliphatic heterocycles. The van der Waals surface area contributed by atoms with E-state index in [0.29, 0.717) is 0 Å². The second kappa shape index (κ2) is 12.2. The predicted molar refractivity (Wildman–Crippen MR) is 102 cm³/mol. The molecule has 0 bridgehead atoms. The summed E-state index contributed by atoms with van der Waals surface area (Å²) in [5.74, 6) is -3.05. The maximum atomic E-state index is 12.4. The summed E-state index contributed by atoms with van der Waals surface area (Å²) in [7, 11) is 0. The molecule has 6 N–H and O–H groups in total. The third-order valence-electron chi connectivity index (χ3n) is 4.24. The Morgan fingerprint density at radius 2 is 1.87 bits per heavy atom. The molecule has 2 rings (SSSR count). The van der Waals surface area contributed by atoms with Crippen molar-refractivity contribution in [2.24, 2.45) is 0 Å². The first-order chi connectivity index (χ1) is 14.1. The number of carbonyl (C=O) groups excluding carboxylic acids is 3. The molecule has 0 saturated heterocycles. The van der Waals surface area contributed by atoms with Crippen molar-refractivity contribution in [2.45, 2.75) is 37.3 Å². The molecule has 0 spiro atoms. The van der Waals surface area contributed by atoms with Gasteiger partial charge in [0.05, 0.1) is 29.4 Å². The second-order valence-electron chi connectivity index (χ2n) is 6.47. The van der Waals surface area contributed by atoms with Gasteiger partial charge in [0, 0.05) is 6.92 Å². The minimum absolute atomic E-state index is 0. The van der Waals surface area contributed by atoms with Crippen LogP contribution in [0.1, 0.15) is 6.92 Å². The number of aliphatic carboxylic acids is 1. The smallest absolute Gasteiger partial charge is 0.542 e. The number of carboxylic acids is 1. The first kappa shape index (κ1) is 27.2. The van der Waals surface area contributed by atoms with Gasteiger partial charge in [-0.15, -0.1) is 0 Å². The first-order valence-electron chi connectivity index (χ1n) is 8.80. The van der Waals surface area contributed by atoms with Crippen molar-refractivity contribution in [3.8, 4) is 0 Å². The van der Waals surface area contributed by atoms with Crippen molar-refractivity contribution in [1.29, 1.82) is 0 Å². The van der Waals surface area contributed by atoms with E-state index < -0.39 is 60.7 Å². The van der Waals surface area contributed by atoms with Gasteiger partial charge in [0.15, 0.2) is 0 Å². The zero-order valence-electron chi connectivity index (χ0n) is 16.7. The quantitative estimate of drug-likeness (QED) is 0.217. The van der Waals surface area contributed by atoms with Gasteiger partial charge in [-0.3, -0.25) is 4.79 Å². The van der Waals surface area contributed by atoms with Crippen LogP contribution in [0.4, 0.5) is 10.5 Å². The molecular weight excluding hydrogens is 445 g/mol. The van der Waals surface area contributed by atoms with E-state index in [0.717, 1.165) is 13.0 Å².